The van der Waals surface area contributed by atoms with E-state index in [0.29, 0.717) is 23.3 Å². The van der Waals surface area contributed by atoms with Gasteiger partial charge in [0.25, 0.3) is 0 Å². The number of methoxy groups -OCH3 is 2. The van der Waals surface area contributed by atoms with Crippen LogP contribution in [0.25, 0.3) is 23.6 Å². The predicted molar refractivity (Wildman–Crippen MR) is 92.9 cm³/mol. The van der Waals surface area contributed by atoms with Gasteiger partial charge >= 0.3 is 0 Å². The average molecular weight is 322 g/mol. The third kappa shape index (κ3) is 3.46. The molecule has 5 nitrogen and oxygen atoms in total. The highest BCUT2D eigenvalue weighted by Crippen LogP contribution is 2.28. The normalized spacial score (nSPS) is 11.0. The van der Waals surface area contributed by atoms with E-state index >= 15 is 0 Å². The Labute approximate surface area is 140 Å². The lowest BCUT2D eigenvalue weighted by atomic mass is 10.1. The largest absolute Gasteiger partial charge is 0.493 e. The molecule has 3 rings (SSSR count). The van der Waals surface area contributed by atoms with Gasteiger partial charge in [-0.25, -0.2) is 0 Å². The summed E-state index contributed by atoms with van der Waals surface area (Å²) < 4.78 is 16.2. The van der Waals surface area contributed by atoms with Crippen molar-refractivity contribution in [2.75, 3.05) is 14.2 Å². The van der Waals surface area contributed by atoms with Crippen LogP contribution in [-0.2, 0) is 0 Å². The molecule has 0 radical (unpaired) electrons. The summed E-state index contributed by atoms with van der Waals surface area (Å²) in [7, 11) is 3.22. The Morgan fingerprint density at radius 3 is 2.33 bits per heavy atom. The number of nitrogens with zero attached hydrogens (tertiary/aromatic N) is 2. The molecule has 2 aromatic carbocycles. The van der Waals surface area contributed by atoms with Gasteiger partial charge in [0.05, 0.1) is 14.2 Å². The number of ether oxygens (including phenoxy) is 2. The Kier molecular flexibility index (Phi) is 4.61. The molecule has 0 unspecified atom stereocenters. The second-order valence-corrected chi connectivity index (χ2v) is 5.26. The standard InChI is InChI=1S/C19H18N2O3/c1-13-4-8-15(9-5-13)19-21-20-18(24-19)11-7-14-6-10-16(22-2)17(12-14)23-3/h4-12H,1-3H3/b11-7+. The second-order valence-electron chi connectivity index (χ2n) is 5.26. The molecule has 5 heteroatoms. The van der Waals surface area contributed by atoms with E-state index < -0.39 is 0 Å². The molecule has 122 valence electrons. The van der Waals surface area contributed by atoms with Gasteiger partial charge in [0, 0.05) is 11.6 Å². The van der Waals surface area contributed by atoms with Crippen LogP contribution >= 0.6 is 0 Å². The van der Waals surface area contributed by atoms with E-state index in [1.807, 2.05) is 55.5 Å². The monoisotopic (exact) mass is 322 g/mol. The van der Waals surface area contributed by atoms with Crippen molar-refractivity contribution in [1.29, 1.82) is 0 Å². The first-order valence-corrected chi connectivity index (χ1v) is 7.50. The van der Waals surface area contributed by atoms with Gasteiger partial charge < -0.3 is 13.9 Å². The van der Waals surface area contributed by atoms with Crippen molar-refractivity contribution in [2.45, 2.75) is 6.92 Å². The maximum absolute atomic E-state index is 5.67. The van der Waals surface area contributed by atoms with Gasteiger partial charge in [0.1, 0.15) is 0 Å². The minimum Gasteiger partial charge on any atom is -0.493 e. The molecule has 0 fully saturated rings. The molecule has 1 aromatic heterocycles. The molecule has 3 aromatic rings. The number of benzene rings is 2. The van der Waals surface area contributed by atoms with Crippen LogP contribution in [0.15, 0.2) is 46.9 Å². The zero-order valence-electron chi connectivity index (χ0n) is 13.8. The van der Waals surface area contributed by atoms with Crippen LogP contribution in [-0.4, -0.2) is 24.4 Å². The SMILES string of the molecule is COc1ccc(/C=C/c2nnc(-c3ccc(C)cc3)o2)cc1OC. The highest BCUT2D eigenvalue weighted by Gasteiger charge is 2.07. The number of rotatable bonds is 5. The number of hydrogen-bond donors (Lipinski definition) is 0. The molecule has 0 aliphatic heterocycles. The third-order valence-corrected chi connectivity index (χ3v) is 3.57. The van der Waals surface area contributed by atoms with E-state index in [-0.39, 0.29) is 0 Å². The van der Waals surface area contributed by atoms with Gasteiger partial charge in [-0.15, -0.1) is 10.2 Å². The Morgan fingerprint density at radius 1 is 0.875 bits per heavy atom. The van der Waals surface area contributed by atoms with Crippen molar-refractivity contribution in [3.8, 4) is 23.0 Å². The van der Waals surface area contributed by atoms with Gasteiger partial charge in [-0.2, -0.15) is 0 Å². The van der Waals surface area contributed by atoms with Gasteiger partial charge in [0.15, 0.2) is 11.5 Å². The van der Waals surface area contributed by atoms with E-state index in [4.69, 9.17) is 13.9 Å². The zero-order chi connectivity index (χ0) is 16.9. The smallest absolute Gasteiger partial charge is 0.248 e. The van der Waals surface area contributed by atoms with Crippen LogP contribution in [0.5, 0.6) is 11.5 Å². The summed E-state index contributed by atoms with van der Waals surface area (Å²) >= 11 is 0. The summed E-state index contributed by atoms with van der Waals surface area (Å²) in [5.74, 6) is 2.31. The molecule has 0 bridgehead atoms. The van der Waals surface area contributed by atoms with Crippen LogP contribution in [0.1, 0.15) is 17.0 Å². The maximum atomic E-state index is 5.67. The van der Waals surface area contributed by atoms with Gasteiger partial charge in [-0.05, 0) is 42.8 Å². The molecule has 0 amide bonds. The maximum Gasteiger partial charge on any atom is 0.248 e. The summed E-state index contributed by atoms with van der Waals surface area (Å²) in [4.78, 5) is 0. The summed E-state index contributed by atoms with van der Waals surface area (Å²) in [5.41, 5.74) is 3.04. The number of aromatic nitrogens is 2. The molecule has 0 saturated carbocycles. The Hall–Kier alpha value is -3.08. The van der Waals surface area contributed by atoms with Crippen LogP contribution in [0.3, 0.4) is 0 Å². The number of hydrogen-bond acceptors (Lipinski definition) is 5. The molecule has 24 heavy (non-hydrogen) atoms. The van der Waals surface area contributed by atoms with Gasteiger partial charge in [-0.3, -0.25) is 0 Å². The van der Waals surface area contributed by atoms with Crippen LogP contribution < -0.4 is 9.47 Å². The van der Waals surface area contributed by atoms with E-state index in [1.165, 1.54) is 5.56 Å². The first kappa shape index (κ1) is 15.8. The summed E-state index contributed by atoms with van der Waals surface area (Å²) in [5, 5.41) is 8.12. The summed E-state index contributed by atoms with van der Waals surface area (Å²) in [6, 6.07) is 13.6. The predicted octanol–water partition coefficient (Wildman–Crippen LogP) is 4.23. The van der Waals surface area contributed by atoms with Crippen molar-refractivity contribution in [3.63, 3.8) is 0 Å². The van der Waals surface area contributed by atoms with Crippen molar-refractivity contribution in [3.05, 3.63) is 59.5 Å². The highest BCUT2D eigenvalue weighted by atomic mass is 16.5. The lowest BCUT2D eigenvalue weighted by Gasteiger charge is -2.07. The third-order valence-electron chi connectivity index (χ3n) is 3.57. The van der Waals surface area contributed by atoms with Crippen LogP contribution in [0.4, 0.5) is 0 Å². The lowest BCUT2D eigenvalue weighted by molar-refractivity contribution is 0.355. The van der Waals surface area contributed by atoms with Crippen LogP contribution in [0.2, 0.25) is 0 Å². The molecule has 1 heterocycles. The van der Waals surface area contributed by atoms with Gasteiger partial charge in [0.2, 0.25) is 11.8 Å². The van der Waals surface area contributed by atoms with Crippen molar-refractivity contribution < 1.29 is 13.9 Å². The van der Waals surface area contributed by atoms with Gasteiger partial charge in [-0.1, -0.05) is 23.8 Å². The van der Waals surface area contributed by atoms with E-state index in [2.05, 4.69) is 10.2 Å². The Morgan fingerprint density at radius 2 is 1.62 bits per heavy atom. The average Bonchev–Trinajstić information content (AvgIpc) is 3.09. The molecule has 0 spiro atoms. The molecular weight excluding hydrogens is 304 g/mol. The van der Waals surface area contributed by atoms with Crippen LogP contribution in [0, 0.1) is 6.92 Å². The lowest BCUT2D eigenvalue weighted by Crippen LogP contribution is -1.90. The quantitative estimate of drug-likeness (QED) is 0.703. The fourth-order valence-corrected chi connectivity index (χ4v) is 2.24. The topological polar surface area (TPSA) is 57.4 Å². The molecule has 0 aliphatic carbocycles. The van der Waals surface area contributed by atoms with Crippen molar-refractivity contribution in [2.24, 2.45) is 0 Å². The minimum atomic E-state index is 0.445. The summed E-state index contributed by atoms with van der Waals surface area (Å²) in [6.45, 7) is 2.04. The summed E-state index contributed by atoms with van der Waals surface area (Å²) in [6.07, 6.45) is 3.65. The second kappa shape index (κ2) is 7.00. The van der Waals surface area contributed by atoms with E-state index in [9.17, 15) is 0 Å². The molecule has 0 atom stereocenters. The first-order chi connectivity index (χ1) is 11.7. The van der Waals surface area contributed by atoms with E-state index in [1.54, 1.807) is 20.3 Å². The molecule has 0 aliphatic rings. The highest BCUT2D eigenvalue weighted by molar-refractivity contribution is 5.68. The fourth-order valence-electron chi connectivity index (χ4n) is 2.24. The first-order valence-electron chi connectivity index (χ1n) is 7.50. The van der Waals surface area contributed by atoms with Crippen molar-refractivity contribution in [1.82, 2.24) is 10.2 Å². The fraction of sp³-hybridized carbons (Fsp3) is 0.158. The van der Waals surface area contributed by atoms with E-state index in [0.717, 1.165) is 11.1 Å². The Balaban J connectivity index is 1.79. The molecule has 0 saturated heterocycles. The molecular formula is C19H18N2O3. The Bertz CT molecular complexity index is 851. The molecule has 0 N–H and O–H groups in total. The zero-order valence-corrected chi connectivity index (χ0v) is 13.8. The van der Waals surface area contributed by atoms with Crippen molar-refractivity contribution >= 4 is 12.2 Å². The minimum absolute atomic E-state index is 0.445. The number of aryl methyl sites for hydroxylation is 1.